The van der Waals surface area contributed by atoms with E-state index in [1.807, 2.05) is 24.3 Å². The maximum Gasteiger partial charge on any atom is 0.227 e. The zero-order valence-corrected chi connectivity index (χ0v) is 10.4. The molecule has 0 fully saturated rings. The molecule has 1 aromatic carbocycles. The quantitative estimate of drug-likeness (QED) is 0.807. The van der Waals surface area contributed by atoms with Gasteiger partial charge in [-0.15, -0.1) is 0 Å². The molecule has 2 N–H and O–H groups in total. The largest absolute Gasteiger partial charge is 0.399 e. The molecule has 0 aliphatic heterocycles. The third kappa shape index (κ3) is 3.06. The molecule has 1 heterocycles. The van der Waals surface area contributed by atoms with Crippen molar-refractivity contribution in [2.45, 2.75) is 27.2 Å². The van der Waals surface area contributed by atoms with Gasteiger partial charge in [0.2, 0.25) is 11.7 Å². The Kier molecular flexibility index (Phi) is 2.88. The number of nitrogens with zero attached hydrogens (tertiary/aromatic N) is 2. The molecule has 0 unspecified atom stereocenters. The van der Waals surface area contributed by atoms with Crippen molar-refractivity contribution >= 4 is 5.69 Å². The number of hydrogen-bond donors (Lipinski definition) is 1. The van der Waals surface area contributed by atoms with Crippen LogP contribution in [0.2, 0.25) is 0 Å². The van der Waals surface area contributed by atoms with Crippen molar-refractivity contribution < 1.29 is 4.52 Å². The molecule has 4 heteroatoms. The Hall–Kier alpha value is -1.84. The zero-order chi connectivity index (χ0) is 12.5. The predicted molar refractivity (Wildman–Crippen MR) is 67.3 cm³/mol. The fraction of sp³-hybridized carbons (Fsp3) is 0.385. The molecular weight excluding hydrogens is 214 g/mol. The van der Waals surface area contributed by atoms with Crippen LogP contribution < -0.4 is 5.73 Å². The van der Waals surface area contributed by atoms with Crippen LogP contribution in [0.4, 0.5) is 5.69 Å². The predicted octanol–water partition coefficient (Wildman–Crippen LogP) is 2.91. The Morgan fingerprint density at radius 3 is 2.41 bits per heavy atom. The lowest BCUT2D eigenvalue weighted by Gasteiger charge is -2.13. The van der Waals surface area contributed by atoms with Gasteiger partial charge in [-0.05, 0) is 29.7 Å². The molecule has 0 atom stereocenters. The van der Waals surface area contributed by atoms with E-state index in [0.717, 1.165) is 17.7 Å². The van der Waals surface area contributed by atoms with E-state index in [1.54, 1.807) is 0 Å². The molecule has 0 spiro atoms. The SMILES string of the molecule is CC(C)(C)Cc1nc(-c2ccc(N)cc2)no1. The van der Waals surface area contributed by atoms with Crippen LogP contribution in [-0.2, 0) is 6.42 Å². The van der Waals surface area contributed by atoms with Crippen LogP contribution in [0.25, 0.3) is 11.4 Å². The van der Waals surface area contributed by atoms with Gasteiger partial charge in [-0.25, -0.2) is 0 Å². The fourth-order valence-electron chi connectivity index (χ4n) is 1.53. The van der Waals surface area contributed by atoms with Gasteiger partial charge in [0.15, 0.2) is 0 Å². The topological polar surface area (TPSA) is 64.9 Å². The van der Waals surface area contributed by atoms with Gasteiger partial charge in [0.05, 0.1) is 0 Å². The number of rotatable bonds is 2. The van der Waals surface area contributed by atoms with E-state index in [2.05, 4.69) is 30.9 Å². The monoisotopic (exact) mass is 231 g/mol. The zero-order valence-electron chi connectivity index (χ0n) is 10.4. The third-order valence-electron chi connectivity index (χ3n) is 2.32. The summed E-state index contributed by atoms with van der Waals surface area (Å²) in [6, 6.07) is 7.44. The van der Waals surface area contributed by atoms with E-state index in [-0.39, 0.29) is 5.41 Å². The van der Waals surface area contributed by atoms with E-state index in [1.165, 1.54) is 0 Å². The molecule has 0 saturated heterocycles. The highest BCUT2D eigenvalue weighted by Crippen LogP contribution is 2.22. The van der Waals surface area contributed by atoms with Gasteiger partial charge in [-0.3, -0.25) is 0 Å². The summed E-state index contributed by atoms with van der Waals surface area (Å²) in [5, 5.41) is 3.97. The van der Waals surface area contributed by atoms with Crippen molar-refractivity contribution in [3.63, 3.8) is 0 Å². The van der Waals surface area contributed by atoms with E-state index in [4.69, 9.17) is 10.3 Å². The van der Waals surface area contributed by atoms with Gasteiger partial charge >= 0.3 is 0 Å². The lowest BCUT2D eigenvalue weighted by molar-refractivity contribution is 0.314. The standard InChI is InChI=1S/C13H17N3O/c1-13(2,3)8-11-15-12(16-17-11)9-4-6-10(14)7-5-9/h4-7H,8,14H2,1-3H3. The Morgan fingerprint density at radius 1 is 1.18 bits per heavy atom. The number of anilines is 1. The summed E-state index contributed by atoms with van der Waals surface area (Å²) < 4.78 is 5.23. The van der Waals surface area contributed by atoms with Crippen LogP contribution in [-0.4, -0.2) is 10.1 Å². The first-order chi connectivity index (χ1) is 7.94. The highest BCUT2D eigenvalue weighted by molar-refractivity contribution is 5.57. The molecule has 2 aromatic rings. The lowest BCUT2D eigenvalue weighted by Crippen LogP contribution is -2.09. The molecule has 90 valence electrons. The summed E-state index contributed by atoms with van der Waals surface area (Å²) in [5.74, 6) is 1.29. The highest BCUT2D eigenvalue weighted by Gasteiger charge is 2.17. The first-order valence-corrected chi connectivity index (χ1v) is 5.62. The second-order valence-corrected chi connectivity index (χ2v) is 5.37. The van der Waals surface area contributed by atoms with Gasteiger partial charge in [-0.1, -0.05) is 25.9 Å². The molecular formula is C13H17N3O. The molecule has 17 heavy (non-hydrogen) atoms. The van der Waals surface area contributed by atoms with Crippen molar-refractivity contribution in [2.24, 2.45) is 5.41 Å². The second kappa shape index (κ2) is 4.20. The average Bonchev–Trinajstić information content (AvgIpc) is 2.64. The van der Waals surface area contributed by atoms with Crippen LogP contribution in [0.3, 0.4) is 0 Å². The summed E-state index contributed by atoms with van der Waals surface area (Å²) in [7, 11) is 0. The first kappa shape index (κ1) is 11.6. The molecule has 4 nitrogen and oxygen atoms in total. The van der Waals surface area contributed by atoms with Crippen LogP contribution in [0, 0.1) is 5.41 Å². The fourth-order valence-corrected chi connectivity index (χ4v) is 1.53. The minimum atomic E-state index is 0.144. The van der Waals surface area contributed by atoms with E-state index in [0.29, 0.717) is 11.7 Å². The van der Waals surface area contributed by atoms with Crippen LogP contribution in [0.5, 0.6) is 0 Å². The summed E-state index contributed by atoms with van der Waals surface area (Å²) >= 11 is 0. The summed E-state index contributed by atoms with van der Waals surface area (Å²) in [6.45, 7) is 6.42. The third-order valence-corrected chi connectivity index (χ3v) is 2.32. The van der Waals surface area contributed by atoms with Gasteiger partial charge in [0.1, 0.15) is 0 Å². The molecule has 0 radical (unpaired) electrons. The average molecular weight is 231 g/mol. The lowest BCUT2D eigenvalue weighted by atomic mass is 9.92. The van der Waals surface area contributed by atoms with Crippen molar-refractivity contribution in [1.82, 2.24) is 10.1 Å². The van der Waals surface area contributed by atoms with Crippen LogP contribution >= 0.6 is 0 Å². The maximum absolute atomic E-state index is 5.63. The van der Waals surface area contributed by atoms with Crippen molar-refractivity contribution in [3.05, 3.63) is 30.2 Å². The molecule has 0 amide bonds. The Labute approximate surface area is 101 Å². The first-order valence-electron chi connectivity index (χ1n) is 5.62. The minimum absolute atomic E-state index is 0.144. The molecule has 0 aliphatic carbocycles. The van der Waals surface area contributed by atoms with E-state index < -0.39 is 0 Å². The van der Waals surface area contributed by atoms with Crippen LogP contribution in [0.1, 0.15) is 26.7 Å². The maximum atomic E-state index is 5.63. The molecule has 0 bridgehead atoms. The number of nitrogen functional groups attached to an aromatic ring is 1. The molecule has 0 saturated carbocycles. The molecule has 1 aromatic heterocycles. The van der Waals surface area contributed by atoms with E-state index >= 15 is 0 Å². The van der Waals surface area contributed by atoms with Gasteiger partial charge in [0, 0.05) is 17.7 Å². The smallest absolute Gasteiger partial charge is 0.227 e. The molecule has 0 aliphatic rings. The Morgan fingerprint density at radius 2 is 1.82 bits per heavy atom. The number of benzene rings is 1. The van der Waals surface area contributed by atoms with Crippen molar-refractivity contribution in [3.8, 4) is 11.4 Å². The Bertz CT molecular complexity index is 494. The van der Waals surface area contributed by atoms with E-state index in [9.17, 15) is 0 Å². The summed E-state index contributed by atoms with van der Waals surface area (Å²) in [4.78, 5) is 4.38. The van der Waals surface area contributed by atoms with Crippen molar-refractivity contribution in [1.29, 1.82) is 0 Å². The Balaban J connectivity index is 2.21. The minimum Gasteiger partial charge on any atom is -0.399 e. The second-order valence-electron chi connectivity index (χ2n) is 5.37. The normalized spacial score (nSPS) is 11.7. The van der Waals surface area contributed by atoms with Gasteiger partial charge < -0.3 is 10.3 Å². The van der Waals surface area contributed by atoms with Crippen molar-refractivity contribution in [2.75, 3.05) is 5.73 Å². The number of hydrogen-bond acceptors (Lipinski definition) is 4. The number of nitrogens with two attached hydrogens (primary N) is 1. The highest BCUT2D eigenvalue weighted by atomic mass is 16.5. The van der Waals surface area contributed by atoms with Crippen LogP contribution in [0.15, 0.2) is 28.8 Å². The summed E-state index contributed by atoms with van der Waals surface area (Å²) in [5.41, 5.74) is 7.42. The summed E-state index contributed by atoms with van der Waals surface area (Å²) in [6.07, 6.45) is 0.773. The molecule has 2 rings (SSSR count). The van der Waals surface area contributed by atoms with Gasteiger partial charge in [-0.2, -0.15) is 4.98 Å². The van der Waals surface area contributed by atoms with Gasteiger partial charge in [0.25, 0.3) is 0 Å². The number of aromatic nitrogens is 2.